The number of nitrogens with one attached hydrogen (secondary N) is 1. The zero-order valence-electron chi connectivity index (χ0n) is 10.1. The Bertz CT molecular complexity index is 528. The van der Waals surface area contributed by atoms with Crippen molar-refractivity contribution in [1.82, 2.24) is 5.32 Å². The van der Waals surface area contributed by atoms with E-state index in [1.54, 1.807) is 0 Å². The number of carbonyl (C=O) groups is 1. The number of benzene rings is 1. The molecule has 0 saturated heterocycles. The van der Waals surface area contributed by atoms with Gasteiger partial charge in [0.1, 0.15) is 11.4 Å². The van der Waals surface area contributed by atoms with Crippen molar-refractivity contribution in [2.75, 3.05) is 0 Å². The molecule has 0 spiro atoms. The van der Waals surface area contributed by atoms with Gasteiger partial charge in [0.05, 0.1) is 4.92 Å². The molecular formula is C12H13FN2O4. The molecule has 2 N–H and O–H groups in total. The maximum atomic E-state index is 13.1. The first kappa shape index (κ1) is 13.4. The van der Waals surface area contributed by atoms with E-state index in [-0.39, 0.29) is 17.8 Å². The van der Waals surface area contributed by atoms with E-state index in [1.165, 1.54) is 0 Å². The van der Waals surface area contributed by atoms with Crippen molar-refractivity contribution in [3.63, 3.8) is 0 Å². The Hall–Kier alpha value is -2.02. The molecule has 0 unspecified atom stereocenters. The summed E-state index contributed by atoms with van der Waals surface area (Å²) in [5, 5.41) is 22.7. The minimum atomic E-state index is -1.03. The van der Waals surface area contributed by atoms with Crippen LogP contribution in [-0.4, -0.2) is 21.5 Å². The van der Waals surface area contributed by atoms with E-state index < -0.39 is 22.2 Å². The summed E-state index contributed by atoms with van der Waals surface area (Å²) in [6.07, 6.45) is 1.75. The average Bonchev–Trinajstić information content (AvgIpc) is 2.26. The molecule has 1 aliphatic rings. The average molecular weight is 268 g/mol. The molecule has 1 fully saturated rings. The van der Waals surface area contributed by atoms with Crippen molar-refractivity contribution in [1.29, 1.82) is 0 Å². The highest BCUT2D eigenvalue weighted by atomic mass is 19.1. The van der Waals surface area contributed by atoms with Gasteiger partial charge in [0.15, 0.2) is 0 Å². The van der Waals surface area contributed by atoms with E-state index in [2.05, 4.69) is 5.32 Å². The molecule has 1 saturated carbocycles. The van der Waals surface area contributed by atoms with Gasteiger partial charge in [-0.2, -0.15) is 0 Å². The molecule has 0 aromatic heterocycles. The second-order valence-electron chi connectivity index (χ2n) is 4.62. The summed E-state index contributed by atoms with van der Waals surface area (Å²) in [5.74, 6) is -1.56. The van der Waals surface area contributed by atoms with E-state index in [4.69, 9.17) is 5.11 Å². The van der Waals surface area contributed by atoms with Gasteiger partial charge in [0, 0.05) is 18.2 Å². The lowest BCUT2D eigenvalue weighted by molar-refractivity contribution is -0.385. The van der Waals surface area contributed by atoms with Gasteiger partial charge in [-0.3, -0.25) is 20.2 Å². The molecule has 7 heteroatoms. The van der Waals surface area contributed by atoms with Crippen LogP contribution in [0.2, 0.25) is 0 Å². The van der Waals surface area contributed by atoms with Crippen LogP contribution in [0.1, 0.15) is 24.8 Å². The van der Waals surface area contributed by atoms with Crippen LogP contribution < -0.4 is 5.32 Å². The number of hydrogen-bond acceptors (Lipinski definition) is 4. The van der Waals surface area contributed by atoms with Crippen molar-refractivity contribution < 1.29 is 19.2 Å². The minimum Gasteiger partial charge on any atom is -0.480 e. The number of rotatable bonds is 5. The number of nitrogens with zero attached hydrogens (tertiary/aromatic N) is 1. The first-order chi connectivity index (χ1) is 8.94. The van der Waals surface area contributed by atoms with E-state index >= 15 is 0 Å². The zero-order valence-corrected chi connectivity index (χ0v) is 10.1. The fourth-order valence-electron chi connectivity index (χ4n) is 2.13. The van der Waals surface area contributed by atoms with Crippen LogP contribution in [0.3, 0.4) is 0 Å². The van der Waals surface area contributed by atoms with Gasteiger partial charge in [0.25, 0.3) is 5.69 Å². The summed E-state index contributed by atoms with van der Waals surface area (Å²) < 4.78 is 13.1. The highest BCUT2D eigenvalue weighted by molar-refractivity contribution is 5.80. The fraction of sp³-hybridized carbons (Fsp3) is 0.417. The standard InChI is InChI=1S/C12H13FN2O4/c13-9-2-3-10(15(18)19)8(6-9)7-14-12(11(16)17)4-1-5-12/h2-3,6,14H,1,4-5,7H2,(H,16,17). The number of carboxylic acids is 1. The van der Waals surface area contributed by atoms with Crippen molar-refractivity contribution in [3.8, 4) is 0 Å². The maximum Gasteiger partial charge on any atom is 0.323 e. The Morgan fingerprint density at radius 1 is 1.53 bits per heavy atom. The largest absolute Gasteiger partial charge is 0.480 e. The molecule has 0 bridgehead atoms. The molecule has 102 valence electrons. The van der Waals surface area contributed by atoms with Crippen molar-refractivity contribution in [3.05, 3.63) is 39.7 Å². The molecule has 2 rings (SSSR count). The molecule has 0 heterocycles. The summed E-state index contributed by atoms with van der Waals surface area (Å²) in [6, 6.07) is 3.15. The lowest BCUT2D eigenvalue weighted by Gasteiger charge is -2.38. The second kappa shape index (κ2) is 4.93. The highest BCUT2D eigenvalue weighted by Gasteiger charge is 2.44. The predicted molar refractivity (Wildman–Crippen MR) is 64.1 cm³/mol. The van der Waals surface area contributed by atoms with Gasteiger partial charge in [-0.1, -0.05) is 0 Å². The smallest absolute Gasteiger partial charge is 0.323 e. The first-order valence-electron chi connectivity index (χ1n) is 5.86. The van der Waals surface area contributed by atoms with E-state index in [0.717, 1.165) is 24.6 Å². The monoisotopic (exact) mass is 268 g/mol. The number of nitro benzene ring substituents is 1. The van der Waals surface area contributed by atoms with Gasteiger partial charge < -0.3 is 5.11 Å². The van der Waals surface area contributed by atoms with Gasteiger partial charge in [-0.15, -0.1) is 0 Å². The van der Waals surface area contributed by atoms with Crippen molar-refractivity contribution in [2.45, 2.75) is 31.3 Å². The zero-order chi connectivity index (χ0) is 14.0. The van der Waals surface area contributed by atoms with Crippen LogP contribution in [0.4, 0.5) is 10.1 Å². The molecular weight excluding hydrogens is 255 g/mol. The van der Waals surface area contributed by atoms with Crippen LogP contribution in [0, 0.1) is 15.9 Å². The van der Waals surface area contributed by atoms with Crippen LogP contribution in [0.25, 0.3) is 0 Å². The molecule has 6 nitrogen and oxygen atoms in total. The summed E-state index contributed by atoms with van der Waals surface area (Å²) in [7, 11) is 0. The Balaban J connectivity index is 2.17. The number of hydrogen-bond donors (Lipinski definition) is 2. The Kier molecular flexibility index (Phi) is 3.48. The number of aliphatic carboxylic acids is 1. The molecule has 0 amide bonds. The number of carboxylic acid groups (broad SMARTS) is 1. The fourth-order valence-corrected chi connectivity index (χ4v) is 2.13. The van der Waals surface area contributed by atoms with Crippen LogP contribution in [-0.2, 0) is 11.3 Å². The lowest BCUT2D eigenvalue weighted by Crippen LogP contribution is -2.56. The van der Waals surface area contributed by atoms with Gasteiger partial charge in [0.2, 0.25) is 0 Å². The molecule has 0 atom stereocenters. The molecule has 19 heavy (non-hydrogen) atoms. The summed E-state index contributed by atoms with van der Waals surface area (Å²) in [4.78, 5) is 21.3. The van der Waals surface area contributed by atoms with Crippen LogP contribution in [0.5, 0.6) is 0 Å². The summed E-state index contributed by atoms with van der Waals surface area (Å²) in [6.45, 7) is -0.0413. The van der Waals surface area contributed by atoms with Gasteiger partial charge >= 0.3 is 5.97 Å². The topological polar surface area (TPSA) is 92.5 Å². The Labute approximate surface area is 108 Å². The van der Waals surface area contributed by atoms with Crippen molar-refractivity contribution >= 4 is 11.7 Å². The number of nitro groups is 1. The van der Waals surface area contributed by atoms with E-state index in [0.29, 0.717) is 12.8 Å². The normalized spacial score (nSPS) is 16.7. The van der Waals surface area contributed by atoms with E-state index in [1.807, 2.05) is 0 Å². The maximum absolute atomic E-state index is 13.1. The summed E-state index contributed by atoms with van der Waals surface area (Å²) in [5.41, 5.74) is -1.09. The summed E-state index contributed by atoms with van der Waals surface area (Å²) >= 11 is 0. The van der Waals surface area contributed by atoms with Crippen LogP contribution >= 0.6 is 0 Å². The van der Waals surface area contributed by atoms with Gasteiger partial charge in [-0.05, 0) is 31.4 Å². The molecule has 1 aromatic rings. The molecule has 1 aliphatic carbocycles. The Morgan fingerprint density at radius 3 is 2.68 bits per heavy atom. The minimum absolute atomic E-state index is 0.0413. The van der Waals surface area contributed by atoms with Gasteiger partial charge in [-0.25, -0.2) is 4.39 Å². The Morgan fingerprint density at radius 2 is 2.21 bits per heavy atom. The third kappa shape index (κ3) is 2.55. The van der Waals surface area contributed by atoms with Crippen molar-refractivity contribution in [2.24, 2.45) is 0 Å². The second-order valence-corrected chi connectivity index (χ2v) is 4.62. The predicted octanol–water partition coefficient (Wildman–Crippen LogP) is 1.83. The molecule has 1 aromatic carbocycles. The molecule has 0 radical (unpaired) electrons. The lowest BCUT2D eigenvalue weighted by atomic mass is 9.76. The third-order valence-corrected chi connectivity index (χ3v) is 3.47. The SMILES string of the molecule is O=C(O)C1(NCc2cc(F)ccc2[N+](=O)[O-])CCC1. The number of halogens is 1. The van der Waals surface area contributed by atoms with Crippen LogP contribution in [0.15, 0.2) is 18.2 Å². The quantitative estimate of drug-likeness (QED) is 0.627. The highest BCUT2D eigenvalue weighted by Crippen LogP contribution is 2.33. The first-order valence-corrected chi connectivity index (χ1v) is 5.86. The molecule has 0 aliphatic heterocycles. The third-order valence-electron chi connectivity index (χ3n) is 3.47. The van der Waals surface area contributed by atoms with E-state index in [9.17, 15) is 19.3 Å².